The Kier molecular flexibility index (Phi) is 6.21. The summed E-state index contributed by atoms with van der Waals surface area (Å²) in [5, 5.41) is 15.9. The zero-order valence-corrected chi connectivity index (χ0v) is 12.3. The predicted octanol–water partition coefficient (Wildman–Crippen LogP) is 1.70. The minimum Gasteiger partial charge on any atom is -0.481 e. The van der Waals surface area contributed by atoms with E-state index in [1.807, 2.05) is 13.8 Å². The summed E-state index contributed by atoms with van der Waals surface area (Å²) in [6, 6.07) is 1.80. The van der Waals surface area contributed by atoms with Gasteiger partial charge in [0, 0.05) is 13.1 Å². The number of nitrogens with one attached hydrogen (secondary N) is 1. The smallest absolute Gasteiger partial charge is 0.306 e. The highest BCUT2D eigenvalue weighted by Gasteiger charge is 2.14. The lowest BCUT2D eigenvalue weighted by Crippen LogP contribution is -2.27. The largest absolute Gasteiger partial charge is 0.481 e. The molecule has 1 aromatic heterocycles. The van der Waals surface area contributed by atoms with Crippen LogP contribution in [0, 0.1) is 5.92 Å². The van der Waals surface area contributed by atoms with Crippen molar-refractivity contribution in [2.75, 3.05) is 6.54 Å². The number of rotatable bonds is 8. The molecule has 1 rings (SSSR count). The number of aryl methyl sites for hydroxylation is 2. The fraction of sp³-hybridized carbons (Fsp3) is 0.643. The topological polar surface area (TPSA) is 84.2 Å². The number of hydrogen-bond acceptors (Lipinski definition) is 3. The minimum atomic E-state index is -0.798. The standard InChI is InChI=1S/C14H23N3O3/c1-4-11-9-12(17(5-2)16-11)13(18)15-8-6-7-10(3)14(19)20/h9-10H,4-8H2,1-3H3,(H,15,18)(H,19,20). The molecule has 0 aliphatic carbocycles. The van der Waals surface area contributed by atoms with Crippen molar-refractivity contribution < 1.29 is 14.7 Å². The van der Waals surface area contributed by atoms with Crippen LogP contribution in [0.1, 0.15) is 49.8 Å². The van der Waals surface area contributed by atoms with Crippen molar-refractivity contribution in [3.05, 3.63) is 17.5 Å². The van der Waals surface area contributed by atoms with Gasteiger partial charge in [-0.15, -0.1) is 0 Å². The van der Waals surface area contributed by atoms with E-state index in [9.17, 15) is 9.59 Å². The number of carboxylic acid groups (broad SMARTS) is 1. The Morgan fingerprint density at radius 2 is 2.15 bits per heavy atom. The molecule has 0 spiro atoms. The van der Waals surface area contributed by atoms with Crippen molar-refractivity contribution in [2.45, 2.75) is 46.6 Å². The lowest BCUT2D eigenvalue weighted by molar-refractivity contribution is -0.141. The number of aliphatic carboxylic acids is 1. The molecule has 6 heteroatoms. The first-order valence-corrected chi connectivity index (χ1v) is 7.07. The molecule has 0 fully saturated rings. The third-order valence-electron chi connectivity index (χ3n) is 3.25. The van der Waals surface area contributed by atoms with Gasteiger partial charge < -0.3 is 10.4 Å². The molecule has 2 N–H and O–H groups in total. The molecule has 1 atom stereocenters. The van der Waals surface area contributed by atoms with E-state index in [0.717, 1.165) is 12.1 Å². The first kappa shape index (κ1) is 16.2. The summed E-state index contributed by atoms with van der Waals surface area (Å²) in [7, 11) is 0. The molecular weight excluding hydrogens is 258 g/mol. The van der Waals surface area contributed by atoms with E-state index in [1.54, 1.807) is 17.7 Å². The van der Waals surface area contributed by atoms with Crippen LogP contribution in [-0.4, -0.2) is 33.3 Å². The third kappa shape index (κ3) is 4.36. The number of carbonyl (C=O) groups excluding carboxylic acids is 1. The normalized spacial score (nSPS) is 12.2. The summed E-state index contributed by atoms with van der Waals surface area (Å²) < 4.78 is 1.69. The maximum atomic E-state index is 12.0. The molecule has 1 unspecified atom stereocenters. The van der Waals surface area contributed by atoms with Crippen LogP contribution < -0.4 is 5.32 Å². The van der Waals surface area contributed by atoms with Crippen LogP contribution in [0.25, 0.3) is 0 Å². The van der Waals surface area contributed by atoms with E-state index in [-0.39, 0.29) is 11.8 Å². The van der Waals surface area contributed by atoms with Gasteiger partial charge in [0.2, 0.25) is 0 Å². The summed E-state index contributed by atoms with van der Waals surface area (Å²) in [5.74, 6) is -1.32. The number of nitrogens with zero attached hydrogens (tertiary/aromatic N) is 2. The molecule has 1 aromatic rings. The fourth-order valence-corrected chi connectivity index (χ4v) is 1.89. The summed E-state index contributed by atoms with van der Waals surface area (Å²) in [5.41, 5.74) is 1.46. The van der Waals surface area contributed by atoms with Gasteiger partial charge in [0.25, 0.3) is 5.91 Å². The molecule has 0 aliphatic rings. The number of carboxylic acids is 1. The van der Waals surface area contributed by atoms with E-state index < -0.39 is 5.97 Å². The fourth-order valence-electron chi connectivity index (χ4n) is 1.89. The van der Waals surface area contributed by atoms with Gasteiger partial charge in [-0.3, -0.25) is 14.3 Å². The molecule has 0 radical (unpaired) electrons. The molecule has 0 aliphatic heterocycles. The lowest BCUT2D eigenvalue weighted by atomic mass is 10.1. The van der Waals surface area contributed by atoms with Crippen LogP contribution in [0.3, 0.4) is 0 Å². The van der Waals surface area contributed by atoms with Crippen molar-refractivity contribution in [1.29, 1.82) is 0 Å². The van der Waals surface area contributed by atoms with Crippen molar-refractivity contribution in [3.8, 4) is 0 Å². The van der Waals surface area contributed by atoms with E-state index in [0.29, 0.717) is 31.6 Å². The molecule has 0 saturated carbocycles. The molecule has 0 aromatic carbocycles. The summed E-state index contributed by atoms with van der Waals surface area (Å²) in [6.45, 7) is 6.74. The van der Waals surface area contributed by atoms with E-state index in [2.05, 4.69) is 10.4 Å². The van der Waals surface area contributed by atoms with Crippen molar-refractivity contribution in [2.24, 2.45) is 5.92 Å². The molecule has 1 amide bonds. The number of hydrogen-bond donors (Lipinski definition) is 2. The molecule has 20 heavy (non-hydrogen) atoms. The van der Waals surface area contributed by atoms with Crippen LogP contribution in [0.4, 0.5) is 0 Å². The average Bonchev–Trinajstić information content (AvgIpc) is 2.86. The van der Waals surface area contributed by atoms with Gasteiger partial charge in [-0.05, 0) is 32.3 Å². The van der Waals surface area contributed by atoms with Crippen LogP contribution in [0.5, 0.6) is 0 Å². The van der Waals surface area contributed by atoms with Gasteiger partial charge >= 0.3 is 5.97 Å². The van der Waals surface area contributed by atoms with Gasteiger partial charge in [-0.1, -0.05) is 13.8 Å². The maximum absolute atomic E-state index is 12.0. The Balaban J connectivity index is 2.47. The Hall–Kier alpha value is -1.85. The Labute approximate surface area is 119 Å². The average molecular weight is 281 g/mol. The predicted molar refractivity (Wildman–Crippen MR) is 75.6 cm³/mol. The van der Waals surface area contributed by atoms with Crippen LogP contribution in [-0.2, 0) is 17.8 Å². The highest BCUT2D eigenvalue weighted by molar-refractivity contribution is 5.92. The monoisotopic (exact) mass is 281 g/mol. The van der Waals surface area contributed by atoms with Crippen molar-refractivity contribution in [3.63, 3.8) is 0 Å². The van der Waals surface area contributed by atoms with Crippen molar-refractivity contribution in [1.82, 2.24) is 15.1 Å². The van der Waals surface area contributed by atoms with Gasteiger partial charge in [0.05, 0.1) is 11.6 Å². The number of aromatic nitrogens is 2. The van der Waals surface area contributed by atoms with E-state index >= 15 is 0 Å². The minimum absolute atomic E-state index is 0.151. The van der Waals surface area contributed by atoms with Gasteiger partial charge in [-0.2, -0.15) is 5.10 Å². The summed E-state index contributed by atoms with van der Waals surface area (Å²) in [6.07, 6.45) is 2.01. The molecule has 0 bridgehead atoms. The van der Waals surface area contributed by atoms with Crippen LogP contribution in [0.2, 0.25) is 0 Å². The second-order valence-corrected chi connectivity index (χ2v) is 4.83. The van der Waals surface area contributed by atoms with Crippen LogP contribution >= 0.6 is 0 Å². The highest BCUT2D eigenvalue weighted by Crippen LogP contribution is 2.07. The highest BCUT2D eigenvalue weighted by atomic mass is 16.4. The second kappa shape index (κ2) is 7.67. The Morgan fingerprint density at radius 3 is 2.70 bits per heavy atom. The first-order chi connectivity index (χ1) is 9.49. The Morgan fingerprint density at radius 1 is 1.45 bits per heavy atom. The van der Waals surface area contributed by atoms with Crippen molar-refractivity contribution >= 4 is 11.9 Å². The Bertz CT molecular complexity index is 468. The van der Waals surface area contributed by atoms with Gasteiger partial charge in [0.1, 0.15) is 5.69 Å². The first-order valence-electron chi connectivity index (χ1n) is 7.07. The molecule has 1 heterocycles. The summed E-state index contributed by atoms with van der Waals surface area (Å²) >= 11 is 0. The molecular formula is C14H23N3O3. The SMILES string of the molecule is CCc1cc(C(=O)NCCCC(C)C(=O)O)n(CC)n1. The zero-order chi connectivity index (χ0) is 15.1. The van der Waals surface area contributed by atoms with E-state index in [4.69, 9.17) is 5.11 Å². The summed E-state index contributed by atoms with van der Waals surface area (Å²) in [4.78, 5) is 22.7. The number of carbonyl (C=O) groups is 2. The zero-order valence-electron chi connectivity index (χ0n) is 12.3. The molecule has 0 saturated heterocycles. The molecule has 6 nitrogen and oxygen atoms in total. The third-order valence-corrected chi connectivity index (χ3v) is 3.25. The van der Waals surface area contributed by atoms with E-state index in [1.165, 1.54) is 0 Å². The molecule has 112 valence electrons. The quantitative estimate of drug-likeness (QED) is 0.710. The maximum Gasteiger partial charge on any atom is 0.306 e. The van der Waals surface area contributed by atoms with Crippen LogP contribution in [0.15, 0.2) is 6.07 Å². The van der Waals surface area contributed by atoms with Gasteiger partial charge in [0.15, 0.2) is 0 Å². The second-order valence-electron chi connectivity index (χ2n) is 4.83. The van der Waals surface area contributed by atoms with Gasteiger partial charge in [-0.25, -0.2) is 0 Å². The number of amides is 1. The lowest BCUT2D eigenvalue weighted by Gasteiger charge is -2.08.